The van der Waals surface area contributed by atoms with Gasteiger partial charge in [-0.1, -0.05) is 5.16 Å². The maximum atomic E-state index is 11.9. The van der Waals surface area contributed by atoms with Crippen molar-refractivity contribution in [2.75, 3.05) is 5.32 Å². The largest absolute Gasteiger partial charge is 0.476 e. The van der Waals surface area contributed by atoms with Crippen LogP contribution in [0.3, 0.4) is 0 Å². The molecule has 156 valence electrons. The van der Waals surface area contributed by atoms with Gasteiger partial charge in [0.25, 0.3) is 0 Å². The van der Waals surface area contributed by atoms with Crippen molar-refractivity contribution in [3.8, 4) is 0 Å². The highest BCUT2D eigenvalue weighted by atomic mass is 32.1. The molecule has 1 rings (SSSR count). The highest BCUT2D eigenvalue weighted by Gasteiger charge is 2.25. The fourth-order valence-electron chi connectivity index (χ4n) is 1.59. The molecule has 1 heterocycles. The summed E-state index contributed by atoms with van der Waals surface area (Å²) in [4.78, 5) is 44.0. The molecule has 0 aliphatic carbocycles. The van der Waals surface area contributed by atoms with E-state index in [9.17, 15) is 19.5 Å². The predicted molar refractivity (Wildman–Crippen MR) is 103 cm³/mol. The lowest BCUT2D eigenvalue weighted by Gasteiger charge is -2.21. The van der Waals surface area contributed by atoms with Crippen molar-refractivity contribution in [3.05, 3.63) is 11.1 Å². The van der Waals surface area contributed by atoms with Gasteiger partial charge in [0, 0.05) is 5.38 Å². The van der Waals surface area contributed by atoms with Crippen molar-refractivity contribution < 1.29 is 33.8 Å². The van der Waals surface area contributed by atoms with Crippen LogP contribution in [0.2, 0.25) is 0 Å². The summed E-state index contributed by atoms with van der Waals surface area (Å²) in [5.41, 5.74) is -1.97. The van der Waals surface area contributed by atoms with Gasteiger partial charge in [-0.2, -0.15) is 0 Å². The number of aliphatic carboxylic acids is 1. The van der Waals surface area contributed by atoms with Gasteiger partial charge in [0.15, 0.2) is 5.13 Å². The second-order valence-corrected chi connectivity index (χ2v) is 8.55. The van der Waals surface area contributed by atoms with Gasteiger partial charge in [-0.05, 0) is 48.5 Å². The molecule has 0 spiro atoms. The van der Waals surface area contributed by atoms with Crippen molar-refractivity contribution >= 4 is 40.2 Å². The first-order valence-corrected chi connectivity index (χ1v) is 9.22. The lowest BCUT2D eigenvalue weighted by molar-refractivity contribution is -0.167. The molecule has 0 aliphatic rings. The van der Waals surface area contributed by atoms with Crippen molar-refractivity contribution in [2.24, 2.45) is 5.16 Å². The molecule has 1 aromatic heterocycles. The second kappa shape index (κ2) is 9.00. The molecule has 1 aromatic rings. The van der Waals surface area contributed by atoms with Gasteiger partial charge in [-0.25, -0.2) is 19.4 Å². The van der Waals surface area contributed by atoms with Gasteiger partial charge < -0.3 is 19.4 Å². The second-order valence-electron chi connectivity index (χ2n) is 7.69. The average molecular weight is 415 g/mol. The zero-order valence-corrected chi connectivity index (χ0v) is 17.7. The van der Waals surface area contributed by atoms with Crippen LogP contribution in [0.4, 0.5) is 9.93 Å². The van der Waals surface area contributed by atoms with E-state index in [1.54, 1.807) is 41.5 Å². The minimum Gasteiger partial charge on any atom is -0.476 e. The number of nitrogens with one attached hydrogen (secondary N) is 1. The maximum absolute atomic E-state index is 11.9. The van der Waals surface area contributed by atoms with E-state index < -0.39 is 41.0 Å². The first kappa shape index (κ1) is 23.3. The van der Waals surface area contributed by atoms with Crippen LogP contribution < -0.4 is 5.32 Å². The van der Waals surface area contributed by atoms with Crippen LogP contribution in [0, 0.1) is 0 Å². The Morgan fingerprint density at radius 1 is 1.14 bits per heavy atom. The van der Waals surface area contributed by atoms with Crippen LogP contribution in [-0.2, 0) is 23.9 Å². The van der Waals surface area contributed by atoms with Gasteiger partial charge >= 0.3 is 18.0 Å². The molecule has 1 unspecified atom stereocenters. The number of esters is 1. The molecule has 28 heavy (non-hydrogen) atoms. The summed E-state index contributed by atoms with van der Waals surface area (Å²) in [7, 11) is 0. The lowest BCUT2D eigenvalue weighted by Crippen LogP contribution is -2.31. The standard InChI is InChI=1S/C17H25N3O7S/c1-9(13(23)25-16(2,3)4)27-20-11(12(21)22)10-8-28-14(18-10)19-15(24)26-17(5,6)7/h8-9H,1-7H3,(H,21,22)(H,18,19,24)/b20-11-. The molecule has 2 N–H and O–H groups in total. The summed E-state index contributed by atoms with van der Waals surface area (Å²) >= 11 is 0.984. The van der Waals surface area contributed by atoms with Gasteiger partial charge in [0.05, 0.1) is 0 Å². The van der Waals surface area contributed by atoms with E-state index in [2.05, 4.69) is 15.5 Å². The zero-order valence-electron chi connectivity index (χ0n) is 16.9. The Hall–Kier alpha value is -2.69. The normalized spacial score (nSPS) is 13.5. The van der Waals surface area contributed by atoms with Crippen molar-refractivity contribution in [1.82, 2.24) is 4.98 Å². The molecule has 0 fully saturated rings. The third-order valence-corrected chi connectivity index (χ3v) is 3.36. The van der Waals surface area contributed by atoms with E-state index >= 15 is 0 Å². The lowest BCUT2D eigenvalue weighted by atomic mass is 10.2. The third-order valence-electron chi connectivity index (χ3n) is 2.60. The van der Waals surface area contributed by atoms with Crippen molar-refractivity contribution in [2.45, 2.75) is 65.8 Å². The molecule has 0 aromatic carbocycles. The molecule has 1 atom stereocenters. The molecular weight excluding hydrogens is 390 g/mol. The van der Waals surface area contributed by atoms with Gasteiger partial charge in [0.2, 0.25) is 11.8 Å². The molecule has 0 saturated carbocycles. The number of aromatic nitrogens is 1. The summed E-state index contributed by atoms with van der Waals surface area (Å²) in [5, 5.41) is 16.8. The number of rotatable bonds is 6. The summed E-state index contributed by atoms with van der Waals surface area (Å²) in [6.45, 7) is 11.6. The number of thiazole rings is 1. The fraction of sp³-hybridized carbons (Fsp3) is 0.588. The van der Waals surface area contributed by atoms with E-state index in [1.807, 2.05) is 0 Å². The first-order valence-electron chi connectivity index (χ1n) is 8.34. The Balaban J connectivity index is 2.85. The minimum absolute atomic E-state index is 0.0417. The average Bonchev–Trinajstić information content (AvgIpc) is 2.90. The van der Waals surface area contributed by atoms with Gasteiger partial charge in [-0.3, -0.25) is 5.32 Å². The fourth-order valence-corrected chi connectivity index (χ4v) is 2.27. The smallest absolute Gasteiger partial charge is 0.413 e. The number of carboxylic acid groups (broad SMARTS) is 1. The van der Waals surface area contributed by atoms with E-state index in [4.69, 9.17) is 14.3 Å². The van der Waals surface area contributed by atoms with E-state index in [0.29, 0.717) is 0 Å². The number of hydrogen-bond acceptors (Lipinski definition) is 9. The summed E-state index contributed by atoms with van der Waals surface area (Å²) in [6.07, 6.45) is -1.84. The van der Waals surface area contributed by atoms with Crippen LogP contribution in [0.5, 0.6) is 0 Å². The molecule has 0 aliphatic heterocycles. The first-order chi connectivity index (χ1) is 12.7. The quantitative estimate of drug-likeness (QED) is 0.411. The number of oxime groups is 1. The van der Waals surface area contributed by atoms with E-state index in [0.717, 1.165) is 11.3 Å². The molecule has 0 radical (unpaired) electrons. The summed E-state index contributed by atoms with van der Waals surface area (Å²) in [6, 6.07) is 0. The SMILES string of the molecule is CC(O/N=C(\C(=O)O)c1csc(NC(=O)OC(C)(C)C)n1)C(=O)OC(C)(C)C. The van der Waals surface area contributed by atoms with E-state index in [1.165, 1.54) is 12.3 Å². The van der Waals surface area contributed by atoms with Crippen LogP contribution >= 0.6 is 11.3 Å². The topological polar surface area (TPSA) is 136 Å². The highest BCUT2D eigenvalue weighted by molar-refractivity contribution is 7.14. The summed E-state index contributed by atoms with van der Waals surface area (Å²) < 4.78 is 10.2. The Kier molecular flexibility index (Phi) is 7.51. The van der Waals surface area contributed by atoms with Crippen molar-refractivity contribution in [3.63, 3.8) is 0 Å². The molecular formula is C17H25N3O7S. The zero-order chi connectivity index (χ0) is 21.7. The molecule has 0 bridgehead atoms. The molecule has 1 amide bonds. The van der Waals surface area contributed by atoms with Crippen molar-refractivity contribution in [1.29, 1.82) is 0 Å². The Bertz CT molecular complexity index is 760. The monoisotopic (exact) mass is 415 g/mol. The molecule has 10 nitrogen and oxygen atoms in total. The maximum Gasteiger partial charge on any atom is 0.413 e. The number of amides is 1. The highest BCUT2D eigenvalue weighted by Crippen LogP contribution is 2.18. The number of ether oxygens (including phenoxy) is 2. The van der Waals surface area contributed by atoms with E-state index in [-0.39, 0.29) is 10.8 Å². The number of anilines is 1. The van der Waals surface area contributed by atoms with Crippen LogP contribution in [0.15, 0.2) is 10.5 Å². The molecule has 0 saturated heterocycles. The van der Waals surface area contributed by atoms with Crippen LogP contribution in [0.1, 0.15) is 54.2 Å². The number of hydrogen-bond donors (Lipinski definition) is 2. The summed E-state index contributed by atoms with van der Waals surface area (Å²) in [5.74, 6) is -2.10. The Morgan fingerprint density at radius 2 is 1.71 bits per heavy atom. The predicted octanol–water partition coefficient (Wildman–Crippen LogP) is 3.03. The van der Waals surface area contributed by atoms with Gasteiger partial charge in [-0.15, -0.1) is 11.3 Å². The number of carbonyl (C=O) groups is 3. The third kappa shape index (κ3) is 8.33. The number of nitrogens with zero attached hydrogens (tertiary/aromatic N) is 2. The number of carbonyl (C=O) groups excluding carboxylic acids is 2. The molecule has 11 heteroatoms. The van der Waals surface area contributed by atoms with Gasteiger partial charge in [0.1, 0.15) is 16.9 Å². The van der Waals surface area contributed by atoms with Crippen LogP contribution in [0.25, 0.3) is 0 Å². The Labute approximate surface area is 166 Å². The van der Waals surface area contributed by atoms with Crippen LogP contribution in [-0.4, -0.2) is 51.1 Å². The number of carboxylic acids is 1. The Morgan fingerprint density at radius 3 is 2.21 bits per heavy atom. The minimum atomic E-state index is -1.41.